The number of likely N-dealkylation sites (tertiary alicyclic amines) is 1. The van der Waals surface area contributed by atoms with Gasteiger partial charge in [0.2, 0.25) is 0 Å². The smallest absolute Gasteiger partial charge is 0.339 e. The van der Waals surface area contributed by atoms with Gasteiger partial charge in [-0.15, -0.1) is 0 Å². The fourth-order valence-corrected chi connectivity index (χ4v) is 4.63. The number of para-hydroxylation sites is 1. The highest BCUT2D eigenvalue weighted by atomic mass is 16.5. The third kappa shape index (κ3) is 4.44. The number of rotatable bonds is 4. The van der Waals surface area contributed by atoms with Crippen molar-refractivity contribution in [3.8, 4) is 0 Å². The van der Waals surface area contributed by atoms with E-state index in [2.05, 4.69) is 5.32 Å². The van der Waals surface area contributed by atoms with Crippen molar-refractivity contribution >= 4 is 23.5 Å². The van der Waals surface area contributed by atoms with Gasteiger partial charge in [0.1, 0.15) is 6.10 Å². The van der Waals surface area contributed by atoms with Gasteiger partial charge >= 0.3 is 5.97 Å². The third-order valence-electron chi connectivity index (χ3n) is 6.46. The second-order valence-electron chi connectivity index (χ2n) is 8.73. The summed E-state index contributed by atoms with van der Waals surface area (Å²) in [6.45, 7) is 1.48. The van der Waals surface area contributed by atoms with Crippen LogP contribution in [-0.4, -0.2) is 35.8 Å². The lowest BCUT2D eigenvalue weighted by Crippen LogP contribution is -2.36. The van der Waals surface area contributed by atoms with Gasteiger partial charge in [-0.1, -0.05) is 42.5 Å². The van der Waals surface area contributed by atoms with E-state index in [1.54, 1.807) is 42.5 Å². The summed E-state index contributed by atoms with van der Waals surface area (Å²) in [7, 11) is 0. The van der Waals surface area contributed by atoms with Crippen molar-refractivity contribution in [2.75, 3.05) is 18.4 Å². The first-order chi connectivity index (χ1) is 16.6. The van der Waals surface area contributed by atoms with E-state index in [9.17, 15) is 14.4 Å². The quantitative estimate of drug-likeness (QED) is 0.562. The van der Waals surface area contributed by atoms with Gasteiger partial charge in [-0.05, 0) is 60.7 Å². The second kappa shape index (κ2) is 9.51. The summed E-state index contributed by atoms with van der Waals surface area (Å²) in [6, 6.07) is 21.7. The summed E-state index contributed by atoms with van der Waals surface area (Å²) < 4.78 is 5.61. The first kappa shape index (κ1) is 21.9. The summed E-state index contributed by atoms with van der Waals surface area (Å²) in [5.41, 5.74) is 3.58. The van der Waals surface area contributed by atoms with Crippen LogP contribution in [0.1, 0.15) is 67.6 Å². The molecule has 1 atom stereocenters. The molecule has 34 heavy (non-hydrogen) atoms. The van der Waals surface area contributed by atoms with Crippen molar-refractivity contribution in [2.45, 2.75) is 31.8 Å². The Labute approximate surface area is 198 Å². The number of carbonyl (C=O) groups is 3. The molecule has 3 aromatic carbocycles. The molecule has 1 unspecified atom stereocenters. The number of piperidine rings is 1. The van der Waals surface area contributed by atoms with Gasteiger partial charge in [0.25, 0.3) is 11.8 Å². The summed E-state index contributed by atoms with van der Waals surface area (Å²) in [6.07, 6.45) is 3.25. The number of cyclic esters (lactones) is 1. The molecule has 0 saturated carbocycles. The lowest BCUT2D eigenvalue weighted by Gasteiger charge is -2.27. The predicted octanol–water partition coefficient (Wildman–Crippen LogP) is 5.02. The highest BCUT2D eigenvalue weighted by molar-refractivity contribution is 6.09. The number of amides is 2. The Hall–Kier alpha value is -3.93. The topological polar surface area (TPSA) is 75.7 Å². The van der Waals surface area contributed by atoms with Crippen molar-refractivity contribution in [3.63, 3.8) is 0 Å². The largest absolute Gasteiger partial charge is 0.454 e. The number of hydrogen-bond donors (Lipinski definition) is 1. The normalized spacial score (nSPS) is 17.5. The molecule has 1 N–H and O–H groups in total. The molecule has 0 radical (unpaired) electrons. The van der Waals surface area contributed by atoms with E-state index >= 15 is 0 Å². The average Bonchev–Trinajstić information content (AvgIpc) is 2.89. The molecule has 1 saturated heterocycles. The first-order valence-corrected chi connectivity index (χ1v) is 11.7. The summed E-state index contributed by atoms with van der Waals surface area (Å²) in [4.78, 5) is 40.6. The van der Waals surface area contributed by atoms with E-state index in [4.69, 9.17) is 4.74 Å². The third-order valence-corrected chi connectivity index (χ3v) is 6.46. The van der Waals surface area contributed by atoms with Gasteiger partial charge < -0.3 is 15.0 Å². The number of carbonyl (C=O) groups excluding carboxylic acids is 3. The zero-order chi connectivity index (χ0) is 23.5. The number of nitrogens with one attached hydrogen (secondary N) is 1. The van der Waals surface area contributed by atoms with Gasteiger partial charge in [-0.25, -0.2) is 4.79 Å². The van der Waals surface area contributed by atoms with Crippen LogP contribution < -0.4 is 5.32 Å². The summed E-state index contributed by atoms with van der Waals surface area (Å²) >= 11 is 0. The number of hydrogen-bond acceptors (Lipinski definition) is 4. The molecule has 172 valence electrons. The molecule has 2 heterocycles. The van der Waals surface area contributed by atoms with E-state index in [1.807, 2.05) is 35.2 Å². The fourth-order valence-electron chi connectivity index (χ4n) is 4.63. The van der Waals surface area contributed by atoms with E-state index < -0.39 is 0 Å². The fraction of sp³-hybridized carbons (Fsp3) is 0.250. The number of nitrogens with zero attached hydrogens (tertiary/aromatic N) is 1. The van der Waals surface area contributed by atoms with Crippen LogP contribution in [-0.2, 0) is 11.2 Å². The van der Waals surface area contributed by atoms with E-state index in [0.29, 0.717) is 28.8 Å². The van der Waals surface area contributed by atoms with E-state index in [0.717, 1.165) is 43.5 Å². The Morgan fingerprint density at radius 2 is 1.62 bits per heavy atom. The molecule has 2 aliphatic rings. The Kier molecular flexibility index (Phi) is 6.12. The lowest BCUT2D eigenvalue weighted by atomic mass is 9.93. The van der Waals surface area contributed by atoms with Crippen molar-refractivity contribution in [1.29, 1.82) is 0 Å². The van der Waals surface area contributed by atoms with Crippen LogP contribution in [0.5, 0.6) is 0 Å². The minimum Gasteiger partial charge on any atom is -0.454 e. The number of fused-ring (bicyclic) bond motifs is 1. The molecule has 6 heteroatoms. The van der Waals surface area contributed by atoms with Crippen LogP contribution in [0.25, 0.3) is 0 Å². The van der Waals surface area contributed by atoms with Crippen molar-refractivity contribution in [3.05, 3.63) is 101 Å². The van der Waals surface area contributed by atoms with Crippen molar-refractivity contribution < 1.29 is 19.1 Å². The Morgan fingerprint density at radius 3 is 2.41 bits per heavy atom. The maximum absolute atomic E-state index is 13.1. The zero-order valence-electron chi connectivity index (χ0n) is 18.8. The Morgan fingerprint density at radius 1 is 0.882 bits per heavy atom. The zero-order valence-corrected chi connectivity index (χ0v) is 18.8. The molecule has 6 nitrogen and oxygen atoms in total. The SMILES string of the molecule is O=C(Nc1ccccc1C(=O)N1CCCCC1)c1ccc2c(c1)CC(c1ccccc1)OC2=O. The Bertz CT molecular complexity index is 1230. The standard InChI is InChI=1S/C28H26N2O4/c31-26(29-24-12-6-5-11-23(24)27(32)30-15-7-2-8-16-30)20-13-14-22-21(17-20)18-25(34-28(22)33)19-9-3-1-4-10-19/h1,3-6,9-14,17,25H,2,7-8,15-16,18H2,(H,29,31). The Balaban J connectivity index is 1.37. The van der Waals surface area contributed by atoms with Gasteiger partial charge in [0.05, 0.1) is 16.8 Å². The minimum atomic E-state index is -0.389. The summed E-state index contributed by atoms with van der Waals surface area (Å²) in [5.74, 6) is -0.772. The maximum Gasteiger partial charge on any atom is 0.339 e. The molecule has 2 aliphatic heterocycles. The lowest BCUT2D eigenvalue weighted by molar-refractivity contribution is 0.0252. The molecule has 0 aliphatic carbocycles. The van der Waals surface area contributed by atoms with Crippen molar-refractivity contribution in [1.82, 2.24) is 4.90 Å². The number of benzene rings is 3. The maximum atomic E-state index is 13.1. The first-order valence-electron chi connectivity index (χ1n) is 11.7. The monoisotopic (exact) mass is 454 g/mol. The molecule has 3 aromatic rings. The molecular weight excluding hydrogens is 428 g/mol. The second-order valence-corrected chi connectivity index (χ2v) is 8.73. The van der Waals surface area contributed by atoms with E-state index in [-0.39, 0.29) is 23.9 Å². The van der Waals surface area contributed by atoms with Gasteiger partial charge in [-0.2, -0.15) is 0 Å². The van der Waals surface area contributed by atoms with E-state index in [1.165, 1.54) is 0 Å². The number of ether oxygens (including phenoxy) is 1. The van der Waals surface area contributed by atoms with Crippen LogP contribution in [0.4, 0.5) is 5.69 Å². The van der Waals surface area contributed by atoms with Gasteiger partial charge in [-0.3, -0.25) is 9.59 Å². The predicted molar refractivity (Wildman–Crippen MR) is 129 cm³/mol. The van der Waals surface area contributed by atoms with Crippen LogP contribution in [0.15, 0.2) is 72.8 Å². The highest BCUT2D eigenvalue weighted by Gasteiger charge is 2.28. The van der Waals surface area contributed by atoms with Crippen molar-refractivity contribution in [2.24, 2.45) is 0 Å². The molecule has 2 amide bonds. The molecule has 0 spiro atoms. The average molecular weight is 455 g/mol. The molecule has 1 fully saturated rings. The van der Waals surface area contributed by atoms with Crippen LogP contribution in [0, 0.1) is 0 Å². The summed E-state index contributed by atoms with van der Waals surface area (Å²) in [5, 5.41) is 2.91. The molecule has 0 aromatic heterocycles. The molecular formula is C28H26N2O4. The number of anilines is 1. The molecule has 5 rings (SSSR count). The number of esters is 1. The van der Waals surface area contributed by atoms with Crippen LogP contribution in [0.2, 0.25) is 0 Å². The minimum absolute atomic E-state index is 0.0607. The molecule has 0 bridgehead atoms. The van der Waals surface area contributed by atoms with Gasteiger partial charge in [0, 0.05) is 25.1 Å². The van der Waals surface area contributed by atoms with Crippen LogP contribution >= 0.6 is 0 Å². The van der Waals surface area contributed by atoms with Gasteiger partial charge in [0.15, 0.2) is 0 Å². The highest BCUT2D eigenvalue weighted by Crippen LogP contribution is 2.31. The van der Waals surface area contributed by atoms with Crippen LogP contribution in [0.3, 0.4) is 0 Å².